The van der Waals surface area contributed by atoms with Gasteiger partial charge in [0.15, 0.2) is 0 Å². The summed E-state index contributed by atoms with van der Waals surface area (Å²) in [4.78, 5) is 14.6. The number of ether oxygens (including phenoxy) is 1. The normalized spacial score (nSPS) is 20.3. The highest BCUT2D eigenvalue weighted by Crippen LogP contribution is 2.27. The van der Waals surface area contributed by atoms with E-state index in [9.17, 15) is 4.79 Å². The number of benzene rings is 1. The second-order valence-corrected chi connectivity index (χ2v) is 8.84. The van der Waals surface area contributed by atoms with Crippen LogP contribution in [0.2, 0.25) is 0 Å². The predicted octanol–water partition coefficient (Wildman–Crippen LogP) is 5.41. The zero-order valence-electron chi connectivity index (χ0n) is 19.1. The minimum atomic E-state index is 0.0783. The molecule has 1 fully saturated rings. The van der Waals surface area contributed by atoms with Gasteiger partial charge in [-0.15, -0.1) is 0 Å². The highest BCUT2D eigenvalue weighted by Gasteiger charge is 2.20. The largest absolute Gasteiger partial charge is 0.490 e. The van der Waals surface area contributed by atoms with Crippen molar-refractivity contribution in [2.45, 2.75) is 85.3 Å². The third-order valence-corrected chi connectivity index (χ3v) is 5.99. The number of amides is 1. The fraction of sp³-hybridized carbons (Fsp3) is 0.720. The number of carbonyl (C=O) groups excluding carboxylic acids is 1. The third-order valence-electron chi connectivity index (χ3n) is 5.99. The van der Waals surface area contributed by atoms with Gasteiger partial charge in [-0.25, -0.2) is 0 Å². The summed E-state index contributed by atoms with van der Waals surface area (Å²) in [6.07, 6.45) is 8.22. The van der Waals surface area contributed by atoms with E-state index in [0.717, 1.165) is 57.1 Å². The van der Waals surface area contributed by atoms with Crippen LogP contribution in [0.4, 0.5) is 0 Å². The monoisotopic (exact) mass is 402 g/mol. The Morgan fingerprint density at radius 1 is 1.10 bits per heavy atom. The Morgan fingerprint density at radius 2 is 1.72 bits per heavy atom. The molecule has 0 bridgehead atoms. The minimum absolute atomic E-state index is 0.0783. The third kappa shape index (κ3) is 8.38. The molecule has 1 aliphatic carbocycles. The number of hydrogen-bond acceptors (Lipinski definition) is 3. The summed E-state index contributed by atoms with van der Waals surface area (Å²) >= 11 is 0. The van der Waals surface area contributed by atoms with Crippen LogP contribution in [-0.2, 0) is 11.3 Å². The smallest absolute Gasteiger partial charge is 0.225 e. The van der Waals surface area contributed by atoms with Crippen LogP contribution in [0.15, 0.2) is 24.3 Å². The van der Waals surface area contributed by atoms with Gasteiger partial charge in [0.05, 0.1) is 6.10 Å². The van der Waals surface area contributed by atoms with Crippen molar-refractivity contribution in [3.05, 3.63) is 29.8 Å². The molecule has 1 saturated carbocycles. The summed E-state index contributed by atoms with van der Waals surface area (Å²) in [7, 11) is 0. The topological polar surface area (TPSA) is 41.6 Å². The van der Waals surface area contributed by atoms with Gasteiger partial charge in [0, 0.05) is 25.6 Å². The number of nitrogens with zero attached hydrogens (tertiary/aromatic N) is 1. The summed E-state index contributed by atoms with van der Waals surface area (Å²) in [5.41, 5.74) is 1.26. The van der Waals surface area contributed by atoms with Gasteiger partial charge in [0.25, 0.3) is 0 Å². The van der Waals surface area contributed by atoms with Gasteiger partial charge in [-0.2, -0.15) is 0 Å². The van der Waals surface area contributed by atoms with E-state index < -0.39 is 0 Å². The number of nitrogens with one attached hydrogen (secondary N) is 1. The highest BCUT2D eigenvalue weighted by atomic mass is 16.5. The standard InChI is InChI=1S/C25H42N2O2/c1-5-17-27(18-6-2)25(28)21(4)15-16-26-19-22-9-13-24(14-10-22)29-23-11-7-20(3)8-12-23/h9-10,13-14,20-21,23,26H,5-8,11-12,15-19H2,1-4H3. The van der Waals surface area contributed by atoms with Gasteiger partial charge in [0.2, 0.25) is 5.91 Å². The van der Waals surface area contributed by atoms with E-state index in [4.69, 9.17) is 4.74 Å². The molecule has 4 nitrogen and oxygen atoms in total. The maximum atomic E-state index is 12.6. The van der Waals surface area contributed by atoms with E-state index in [2.05, 4.69) is 57.3 Å². The van der Waals surface area contributed by atoms with Crippen LogP contribution in [0.5, 0.6) is 5.75 Å². The van der Waals surface area contributed by atoms with Crippen molar-refractivity contribution in [2.75, 3.05) is 19.6 Å². The Morgan fingerprint density at radius 3 is 2.31 bits per heavy atom. The van der Waals surface area contributed by atoms with Crippen LogP contribution >= 0.6 is 0 Å². The lowest BCUT2D eigenvalue weighted by Crippen LogP contribution is -2.37. The fourth-order valence-electron chi connectivity index (χ4n) is 4.08. The summed E-state index contributed by atoms with van der Waals surface area (Å²) in [6, 6.07) is 8.47. The second kappa shape index (κ2) is 12.9. The zero-order valence-corrected chi connectivity index (χ0v) is 19.1. The maximum absolute atomic E-state index is 12.6. The Bertz CT molecular complexity index is 573. The fourth-order valence-corrected chi connectivity index (χ4v) is 4.08. The Labute approximate surface area is 178 Å². The summed E-state index contributed by atoms with van der Waals surface area (Å²) < 4.78 is 6.14. The van der Waals surface area contributed by atoms with Crippen molar-refractivity contribution in [1.29, 1.82) is 0 Å². The molecular weight excluding hydrogens is 360 g/mol. The maximum Gasteiger partial charge on any atom is 0.225 e. The number of rotatable bonds is 12. The summed E-state index contributed by atoms with van der Waals surface area (Å²) in [6.45, 7) is 12.1. The van der Waals surface area contributed by atoms with Crippen molar-refractivity contribution in [2.24, 2.45) is 11.8 Å². The summed E-state index contributed by atoms with van der Waals surface area (Å²) in [5, 5.41) is 3.48. The molecular formula is C25H42N2O2. The SMILES string of the molecule is CCCN(CCC)C(=O)C(C)CCNCc1ccc(OC2CCC(C)CC2)cc1. The minimum Gasteiger partial charge on any atom is -0.490 e. The average molecular weight is 403 g/mol. The molecule has 0 heterocycles. The molecule has 0 spiro atoms. The quantitative estimate of drug-likeness (QED) is 0.475. The molecule has 0 saturated heterocycles. The van der Waals surface area contributed by atoms with E-state index in [0.29, 0.717) is 12.0 Å². The van der Waals surface area contributed by atoms with Crippen molar-refractivity contribution in [3.8, 4) is 5.75 Å². The zero-order chi connectivity index (χ0) is 21.1. The molecule has 29 heavy (non-hydrogen) atoms. The van der Waals surface area contributed by atoms with E-state index in [1.165, 1.54) is 31.2 Å². The van der Waals surface area contributed by atoms with Crippen LogP contribution in [0.1, 0.15) is 78.2 Å². The second-order valence-electron chi connectivity index (χ2n) is 8.84. The molecule has 0 aliphatic heterocycles. The molecule has 0 aromatic heterocycles. The van der Waals surface area contributed by atoms with Crippen molar-refractivity contribution < 1.29 is 9.53 Å². The Hall–Kier alpha value is -1.55. The van der Waals surface area contributed by atoms with Crippen LogP contribution in [0.25, 0.3) is 0 Å². The summed E-state index contributed by atoms with van der Waals surface area (Å²) in [5.74, 6) is 2.21. The molecule has 1 aromatic carbocycles. The first-order valence-corrected chi connectivity index (χ1v) is 11.8. The lowest BCUT2D eigenvalue weighted by Gasteiger charge is -2.26. The van der Waals surface area contributed by atoms with Crippen molar-refractivity contribution in [3.63, 3.8) is 0 Å². The molecule has 164 valence electrons. The average Bonchev–Trinajstić information content (AvgIpc) is 2.73. The van der Waals surface area contributed by atoms with Crippen LogP contribution in [0.3, 0.4) is 0 Å². The molecule has 1 aromatic rings. The number of carbonyl (C=O) groups is 1. The Kier molecular flexibility index (Phi) is 10.5. The lowest BCUT2D eigenvalue weighted by atomic mass is 9.89. The molecule has 0 radical (unpaired) electrons. The van der Waals surface area contributed by atoms with Crippen molar-refractivity contribution >= 4 is 5.91 Å². The van der Waals surface area contributed by atoms with Gasteiger partial charge in [-0.3, -0.25) is 4.79 Å². The Balaban J connectivity index is 1.67. The molecule has 1 aliphatic rings. The van der Waals surface area contributed by atoms with Gasteiger partial charge in [0.1, 0.15) is 5.75 Å². The first-order chi connectivity index (χ1) is 14.0. The van der Waals surface area contributed by atoms with E-state index in [1.54, 1.807) is 0 Å². The van der Waals surface area contributed by atoms with Gasteiger partial charge in [-0.1, -0.05) is 39.8 Å². The van der Waals surface area contributed by atoms with Crippen LogP contribution in [-0.4, -0.2) is 36.5 Å². The molecule has 1 unspecified atom stereocenters. The van der Waals surface area contributed by atoms with Crippen LogP contribution in [0, 0.1) is 11.8 Å². The molecule has 1 N–H and O–H groups in total. The van der Waals surface area contributed by atoms with Crippen LogP contribution < -0.4 is 10.1 Å². The number of hydrogen-bond donors (Lipinski definition) is 1. The molecule has 2 rings (SSSR count). The predicted molar refractivity (Wildman–Crippen MR) is 121 cm³/mol. The first-order valence-electron chi connectivity index (χ1n) is 11.8. The highest BCUT2D eigenvalue weighted by molar-refractivity contribution is 5.78. The van der Waals surface area contributed by atoms with Gasteiger partial charge >= 0.3 is 0 Å². The van der Waals surface area contributed by atoms with E-state index in [1.807, 2.05) is 4.90 Å². The van der Waals surface area contributed by atoms with E-state index in [-0.39, 0.29) is 5.92 Å². The molecule has 1 amide bonds. The molecule has 1 atom stereocenters. The first kappa shape index (κ1) is 23.7. The van der Waals surface area contributed by atoms with E-state index >= 15 is 0 Å². The van der Waals surface area contributed by atoms with Gasteiger partial charge < -0.3 is 15.0 Å². The van der Waals surface area contributed by atoms with Gasteiger partial charge in [-0.05, 0) is 75.1 Å². The lowest BCUT2D eigenvalue weighted by molar-refractivity contribution is -0.135. The van der Waals surface area contributed by atoms with Crippen molar-refractivity contribution in [1.82, 2.24) is 10.2 Å². The molecule has 4 heteroatoms.